The molecule has 2 aromatic rings. The number of hydrogen-bond donors (Lipinski definition) is 2. The third-order valence-corrected chi connectivity index (χ3v) is 3.01. The largest absolute Gasteiger partial charge is 0.216 e. The third kappa shape index (κ3) is 7.39. The standard InChI is InChI=1S/C9H10FNO2S.C7H8/c1-7(6-11-14(12)13)8-3-2-4-9(10)5-8;1-7-5-3-2-4-6-7/h2-5,14H,1,6H2,(H,11,12,13);2-6H,1H3. The molecule has 0 saturated carbocycles. The van der Waals surface area contributed by atoms with E-state index in [1.807, 2.05) is 18.2 Å². The first-order valence-electron chi connectivity index (χ1n) is 6.32. The van der Waals surface area contributed by atoms with Gasteiger partial charge in [0.15, 0.2) is 0 Å². The predicted octanol–water partition coefficient (Wildman–Crippen LogP) is 2.95. The van der Waals surface area contributed by atoms with E-state index in [0.717, 1.165) is 0 Å². The Morgan fingerprint density at radius 2 is 1.81 bits per heavy atom. The lowest BCUT2D eigenvalue weighted by molar-refractivity contribution is 0.606. The highest BCUT2D eigenvalue weighted by atomic mass is 32.2. The van der Waals surface area contributed by atoms with Gasteiger partial charge >= 0.3 is 0 Å². The molecule has 0 aliphatic rings. The Morgan fingerprint density at radius 1 is 1.14 bits per heavy atom. The molecule has 1 N–H and O–H groups in total. The first kappa shape index (κ1) is 17.1. The molecule has 0 amide bonds. The van der Waals surface area contributed by atoms with Crippen LogP contribution in [-0.4, -0.2) is 15.0 Å². The average molecular weight is 307 g/mol. The van der Waals surface area contributed by atoms with Gasteiger partial charge in [0.25, 0.3) is 0 Å². The first-order valence-corrected chi connectivity index (χ1v) is 7.50. The molecule has 112 valence electrons. The minimum Gasteiger partial charge on any atom is -0.216 e. The third-order valence-electron chi connectivity index (χ3n) is 2.59. The summed E-state index contributed by atoms with van der Waals surface area (Å²) in [5.41, 5.74) is 2.44. The zero-order valence-corrected chi connectivity index (χ0v) is 12.6. The molecular weight excluding hydrogens is 289 g/mol. The molecule has 0 radical (unpaired) electrons. The molecule has 2 aromatic carbocycles. The fourth-order valence-electron chi connectivity index (χ4n) is 1.50. The highest BCUT2D eigenvalue weighted by Gasteiger charge is 1.99. The van der Waals surface area contributed by atoms with Gasteiger partial charge in [0.1, 0.15) is 5.82 Å². The maximum absolute atomic E-state index is 12.7. The van der Waals surface area contributed by atoms with E-state index in [0.29, 0.717) is 11.1 Å². The summed E-state index contributed by atoms with van der Waals surface area (Å²) >= 11 is 0. The fourth-order valence-corrected chi connectivity index (χ4v) is 1.82. The predicted molar refractivity (Wildman–Crippen MR) is 84.9 cm³/mol. The molecule has 5 heteroatoms. The minimum atomic E-state index is -2.64. The summed E-state index contributed by atoms with van der Waals surface area (Å²) < 4.78 is 35.4. The molecule has 0 heterocycles. The van der Waals surface area contributed by atoms with Gasteiger partial charge in [-0.15, -0.1) is 0 Å². The van der Waals surface area contributed by atoms with Crippen molar-refractivity contribution < 1.29 is 12.8 Å². The second-order valence-corrected chi connectivity index (χ2v) is 5.19. The molecule has 2 rings (SSSR count). The van der Waals surface area contributed by atoms with Gasteiger partial charge in [-0.2, -0.15) is 0 Å². The molecule has 0 fully saturated rings. The minimum absolute atomic E-state index is 0.0994. The van der Waals surface area contributed by atoms with Crippen LogP contribution in [0, 0.1) is 12.7 Å². The fraction of sp³-hybridized carbons (Fsp3) is 0.125. The number of hydrogen-bond acceptors (Lipinski definition) is 2. The van der Waals surface area contributed by atoms with Gasteiger partial charge in [-0.3, -0.25) is 0 Å². The van der Waals surface area contributed by atoms with Crippen LogP contribution in [0.15, 0.2) is 61.2 Å². The van der Waals surface area contributed by atoms with Crippen molar-refractivity contribution in [3.05, 3.63) is 78.1 Å². The van der Waals surface area contributed by atoms with E-state index in [4.69, 9.17) is 0 Å². The van der Waals surface area contributed by atoms with Gasteiger partial charge in [-0.05, 0) is 30.2 Å². The Labute approximate surface area is 126 Å². The lowest BCUT2D eigenvalue weighted by Crippen LogP contribution is -2.13. The van der Waals surface area contributed by atoms with Crippen LogP contribution in [0.3, 0.4) is 0 Å². The number of aryl methyl sites for hydroxylation is 1. The average Bonchev–Trinajstić information content (AvgIpc) is 2.46. The van der Waals surface area contributed by atoms with E-state index in [9.17, 15) is 12.8 Å². The van der Waals surface area contributed by atoms with Crippen molar-refractivity contribution in [1.29, 1.82) is 0 Å². The summed E-state index contributed by atoms with van der Waals surface area (Å²) in [6, 6.07) is 16.1. The van der Waals surface area contributed by atoms with Gasteiger partial charge < -0.3 is 0 Å². The normalized spacial score (nSPS) is 9.86. The number of benzene rings is 2. The Balaban J connectivity index is 0.000000262. The summed E-state index contributed by atoms with van der Waals surface area (Å²) in [5, 5.41) is 0. The SMILES string of the molecule is C=C(CN[SH](=O)=O)c1cccc(F)c1.Cc1ccccc1. The second kappa shape index (κ2) is 9.05. The van der Waals surface area contributed by atoms with Crippen LogP contribution in [-0.2, 0) is 10.9 Å². The molecule has 0 saturated heterocycles. The van der Waals surface area contributed by atoms with Crippen LogP contribution < -0.4 is 4.72 Å². The molecule has 0 unspecified atom stereocenters. The smallest absolute Gasteiger partial charge is 0.201 e. The molecule has 21 heavy (non-hydrogen) atoms. The molecule has 0 aliphatic heterocycles. The van der Waals surface area contributed by atoms with Gasteiger partial charge in [0, 0.05) is 6.54 Å². The maximum atomic E-state index is 12.7. The highest BCUT2D eigenvalue weighted by Crippen LogP contribution is 2.12. The van der Waals surface area contributed by atoms with Crippen LogP contribution >= 0.6 is 0 Å². The van der Waals surface area contributed by atoms with Crippen LogP contribution in [0.4, 0.5) is 4.39 Å². The summed E-state index contributed by atoms with van der Waals surface area (Å²) in [6.45, 7) is 5.82. The summed E-state index contributed by atoms with van der Waals surface area (Å²) in [6.07, 6.45) is 0. The lowest BCUT2D eigenvalue weighted by Gasteiger charge is -2.03. The van der Waals surface area contributed by atoms with Crippen molar-refractivity contribution in [2.24, 2.45) is 0 Å². The van der Waals surface area contributed by atoms with Crippen molar-refractivity contribution in [3.63, 3.8) is 0 Å². The van der Waals surface area contributed by atoms with Crippen molar-refractivity contribution in [2.75, 3.05) is 6.54 Å². The van der Waals surface area contributed by atoms with Gasteiger partial charge in [-0.1, -0.05) is 54.6 Å². The Bertz CT molecular complexity index is 646. The first-order chi connectivity index (χ1) is 9.99. The van der Waals surface area contributed by atoms with E-state index in [1.165, 1.54) is 17.7 Å². The maximum Gasteiger partial charge on any atom is 0.201 e. The summed E-state index contributed by atoms with van der Waals surface area (Å²) in [5.74, 6) is -0.366. The van der Waals surface area contributed by atoms with E-state index in [2.05, 4.69) is 30.4 Å². The number of halogens is 1. The van der Waals surface area contributed by atoms with Crippen LogP contribution in [0.2, 0.25) is 0 Å². The van der Waals surface area contributed by atoms with Gasteiger partial charge in [0.05, 0.1) is 0 Å². The quantitative estimate of drug-likeness (QED) is 0.853. The van der Waals surface area contributed by atoms with Crippen molar-refractivity contribution in [2.45, 2.75) is 6.92 Å². The van der Waals surface area contributed by atoms with E-state index >= 15 is 0 Å². The monoisotopic (exact) mass is 307 g/mol. The van der Waals surface area contributed by atoms with Crippen molar-refractivity contribution >= 4 is 16.5 Å². The van der Waals surface area contributed by atoms with Gasteiger partial charge in [0.2, 0.25) is 10.9 Å². The van der Waals surface area contributed by atoms with Crippen molar-refractivity contribution in [3.8, 4) is 0 Å². The molecule has 0 bridgehead atoms. The zero-order valence-electron chi connectivity index (χ0n) is 11.8. The molecule has 0 atom stereocenters. The summed E-state index contributed by atoms with van der Waals surface area (Å²) in [4.78, 5) is 0. The van der Waals surface area contributed by atoms with E-state index in [-0.39, 0.29) is 12.4 Å². The Hall–Kier alpha value is -1.98. The molecule has 0 aliphatic carbocycles. The number of nitrogens with one attached hydrogen (secondary N) is 1. The van der Waals surface area contributed by atoms with Crippen LogP contribution in [0.1, 0.15) is 11.1 Å². The highest BCUT2D eigenvalue weighted by molar-refractivity contribution is 7.70. The number of thiol groups is 1. The Kier molecular flexibility index (Phi) is 7.36. The van der Waals surface area contributed by atoms with Crippen LogP contribution in [0.25, 0.3) is 5.57 Å². The van der Waals surface area contributed by atoms with E-state index in [1.54, 1.807) is 12.1 Å². The van der Waals surface area contributed by atoms with Crippen molar-refractivity contribution in [1.82, 2.24) is 4.72 Å². The molecule has 0 spiro atoms. The molecular formula is C16H18FNO2S. The van der Waals surface area contributed by atoms with Gasteiger partial charge in [-0.25, -0.2) is 17.5 Å². The van der Waals surface area contributed by atoms with Crippen LogP contribution in [0.5, 0.6) is 0 Å². The molecule has 0 aromatic heterocycles. The topological polar surface area (TPSA) is 46.2 Å². The Morgan fingerprint density at radius 3 is 2.29 bits per heavy atom. The number of rotatable bonds is 4. The summed E-state index contributed by atoms with van der Waals surface area (Å²) in [7, 11) is -2.64. The lowest BCUT2D eigenvalue weighted by atomic mass is 10.1. The molecule has 3 nitrogen and oxygen atoms in total. The zero-order chi connectivity index (χ0) is 15.7. The second-order valence-electron chi connectivity index (χ2n) is 4.36. The van der Waals surface area contributed by atoms with E-state index < -0.39 is 10.9 Å².